The Kier molecular flexibility index (Phi) is 53.4. The average Bonchev–Trinajstić information content (AvgIpc) is 0.848. The molecule has 1 aliphatic rings. The van der Waals surface area contributed by atoms with Crippen LogP contribution >= 0.6 is 0 Å². The topological polar surface area (TPSA) is 587 Å². The van der Waals surface area contributed by atoms with Gasteiger partial charge in [0.25, 0.3) is 0 Å². The van der Waals surface area contributed by atoms with E-state index in [1.165, 1.54) is 0 Å². The molecule has 2 rings (SSSR count). The van der Waals surface area contributed by atoms with Crippen LogP contribution in [-0.2, 0) is 92.4 Å². The van der Waals surface area contributed by atoms with Crippen LogP contribution in [-0.4, -0.2) is 252 Å². The Hall–Kier alpha value is -12.0. The minimum Gasteiger partial charge on any atom is -0.481 e. The monoisotopic (exact) mass is 1920 g/mol. The number of unbranched alkanes of at least 4 members (excludes halogenated alkanes) is 6. The van der Waals surface area contributed by atoms with Crippen LogP contribution in [0.15, 0.2) is 30.3 Å². The minimum atomic E-state index is -1.83. The fraction of sp³-hybridized carbons (Fsp3) is 0.723. The maximum atomic E-state index is 15.6. The summed E-state index contributed by atoms with van der Waals surface area (Å²) in [7, 11) is 0. The Labute approximate surface area is 800 Å². The fourth-order valence-electron chi connectivity index (χ4n) is 13.3. The molecule has 136 heavy (non-hydrogen) atoms. The van der Waals surface area contributed by atoms with Gasteiger partial charge in [-0.25, -0.2) is 28.8 Å². The third-order valence-corrected chi connectivity index (χ3v) is 19.5. The van der Waals surface area contributed by atoms with Gasteiger partial charge in [0.05, 0.1) is 6.54 Å². The lowest BCUT2D eigenvalue weighted by Gasteiger charge is -2.29. The Morgan fingerprint density at radius 1 is 0.309 bits per heavy atom. The van der Waals surface area contributed by atoms with Gasteiger partial charge in [-0.3, -0.25) is 57.5 Å². The van der Waals surface area contributed by atoms with Crippen LogP contribution in [0.25, 0.3) is 0 Å². The highest BCUT2D eigenvalue weighted by Gasteiger charge is 2.39. The third-order valence-electron chi connectivity index (χ3n) is 19.5. The van der Waals surface area contributed by atoms with Crippen LogP contribution < -0.4 is 90.4 Å². The normalized spacial score (nSPS) is 19.8. The predicted octanol–water partition coefficient (Wildman–Crippen LogP) is 6.70. The zero-order valence-electron chi connectivity index (χ0n) is 83.5. The second-order valence-electron chi connectivity index (χ2n) is 39.9. The summed E-state index contributed by atoms with van der Waals surface area (Å²) >= 11 is 0. The fourth-order valence-corrected chi connectivity index (χ4v) is 13.3. The van der Waals surface area contributed by atoms with Gasteiger partial charge in [0, 0.05) is 58.5 Å². The van der Waals surface area contributed by atoms with Gasteiger partial charge in [-0.1, -0.05) is 50.1 Å². The van der Waals surface area contributed by atoms with Crippen LogP contribution in [0.3, 0.4) is 0 Å². The van der Waals surface area contributed by atoms with Crippen molar-refractivity contribution in [2.45, 2.75) is 387 Å². The molecule has 0 bridgehead atoms. The van der Waals surface area contributed by atoms with E-state index in [0.717, 1.165) is 0 Å². The number of amides is 17. The number of aliphatic carboxylic acids is 1. The van der Waals surface area contributed by atoms with E-state index in [1.807, 2.05) is 0 Å². The lowest BCUT2D eigenvalue weighted by atomic mass is 10.00. The number of nitrogens with one attached hydrogen (secondary N) is 17. The number of terminal acetylenes is 1. The third kappa shape index (κ3) is 57.7. The molecule has 0 saturated carbocycles. The molecule has 42 nitrogen and oxygen atoms in total. The molecule has 0 aliphatic carbocycles. The summed E-state index contributed by atoms with van der Waals surface area (Å²) in [5.41, 5.74) is -4.86. The molecule has 1 heterocycles. The number of ether oxygens (including phenoxy) is 6. The van der Waals surface area contributed by atoms with Crippen molar-refractivity contribution in [2.24, 2.45) is 5.92 Å². The van der Waals surface area contributed by atoms with Crippen molar-refractivity contribution >= 4 is 108 Å². The summed E-state index contributed by atoms with van der Waals surface area (Å²) in [5, 5.41) is 55.6. The molecule has 768 valence electrons. The van der Waals surface area contributed by atoms with Crippen molar-refractivity contribution in [1.82, 2.24) is 90.4 Å². The molecular formula is C94H157N17O25. The number of carboxylic acid groups (broad SMARTS) is 1. The summed E-state index contributed by atoms with van der Waals surface area (Å²) in [6, 6.07) is -8.46. The highest BCUT2D eigenvalue weighted by Crippen LogP contribution is 2.20. The van der Waals surface area contributed by atoms with Gasteiger partial charge in [0.15, 0.2) is 0 Å². The Morgan fingerprint density at radius 3 is 0.735 bits per heavy atom. The molecule has 0 radical (unpaired) electrons. The molecule has 17 amide bonds. The molecule has 1 aromatic rings. The minimum absolute atomic E-state index is 0.00124. The van der Waals surface area contributed by atoms with E-state index in [-0.39, 0.29) is 174 Å². The largest absolute Gasteiger partial charge is 0.481 e. The molecule has 1 fully saturated rings. The molecular weight excluding hydrogens is 1770 g/mol. The van der Waals surface area contributed by atoms with E-state index in [4.69, 9.17) is 34.8 Å². The Morgan fingerprint density at radius 2 is 0.515 bits per heavy atom. The molecule has 0 spiro atoms. The Balaban J connectivity index is 3.41. The van der Waals surface area contributed by atoms with Crippen molar-refractivity contribution in [3.8, 4) is 12.3 Å². The van der Waals surface area contributed by atoms with Gasteiger partial charge in [0.2, 0.25) is 65.0 Å². The van der Waals surface area contributed by atoms with Gasteiger partial charge in [-0.2, -0.15) is 0 Å². The maximum absolute atomic E-state index is 15.6. The van der Waals surface area contributed by atoms with E-state index < -0.39 is 233 Å². The summed E-state index contributed by atoms with van der Waals surface area (Å²) in [6.07, 6.45) is -2.50. The van der Waals surface area contributed by atoms with Gasteiger partial charge in [0.1, 0.15) is 94.0 Å². The maximum Gasteiger partial charge on any atom is 0.407 e. The van der Waals surface area contributed by atoms with E-state index in [0.29, 0.717) is 5.56 Å². The van der Waals surface area contributed by atoms with Crippen molar-refractivity contribution in [1.29, 1.82) is 0 Å². The van der Waals surface area contributed by atoms with E-state index in [9.17, 15) is 43.5 Å². The number of benzene rings is 1. The van der Waals surface area contributed by atoms with Crippen molar-refractivity contribution < 1.29 is 120 Å². The van der Waals surface area contributed by atoms with Crippen LogP contribution in [0, 0.1) is 18.3 Å². The molecule has 0 unspecified atom stereocenters. The van der Waals surface area contributed by atoms with Gasteiger partial charge in [-0.15, -0.1) is 6.42 Å². The molecule has 0 aromatic heterocycles. The second-order valence-corrected chi connectivity index (χ2v) is 39.9. The van der Waals surface area contributed by atoms with E-state index in [2.05, 4.69) is 96.3 Å². The quantitative estimate of drug-likeness (QED) is 0.0184. The van der Waals surface area contributed by atoms with Crippen molar-refractivity contribution in [3.63, 3.8) is 0 Å². The zero-order valence-corrected chi connectivity index (χ0v) is 83.5. The number of carbonyl (C=O) groups is 18. The first-order valence-corrected chi connectivity index (χ1v) is 47.1. The van der Waals surface area contributed by atoms with E-state index >= 15 is 47.9 Å². The molecule has 42 heteroatoms. The van der Waals surface area contributed by atoms with Crippen LogP contribution in [0.4, 0.5) is 28.8 Å². The summed E-state index contributed by atoms with van der Waals surface area (Å²) in [4.78, 5) is 258. The number of carboxylic acids is 1. The van der Waals surface area contributed by atoms with Crippen molar-refractivity contribution in [2.75, 3.05) is 45.8 Å². The lowest BCUT2D eigenvalue weighted by molar-refractivity contribution is -0.139. The zero-order chi connectivity index (χ0) is 103. The number of carbonyl (C=O) groups excluding carboxylic acids is 17. The molecule has 1 aromatic carbocycles. The smallest absolute Gasteiger partial charge is 0.407 e. The molecule has 10 atom stereocenters. The average molecular weight is 1930 g/mol. The number of rotatable bonds is 41. The second kappa shape index (κ2) is 60.5. The first kappa shape index (κ1) is 120. The highest BCUT2D eigenvalue weighted by atomic mass is 16.6. The van der Waals surface area contributed by atoms with Gasteiger partial charge >= 0.3 is 42.5 Å². The highest BCUT2D eigenvalue weighted by molar-refractivity contribution is 6.00. The number of hydrogen-bond donors (Lipinski definition) is 18. The summed E-state index contributed by atoms with van der Waals surface area (Å²) in [6.45, 7) is 32.9. The predicted molar refractivity (Wildman–Crippen MR) is 505 cm³/mol. The van der Waals surface area contributed by atoms with Crippen LogP contribution in [0.1, 0.15) is 292 Å². The van der Waals surface area contributed by atoms with Crippen LogP contribution in [0.5, 0.6) is 0 Å². The van der Waals surface area contributed by atoms with Gasteiger partial charge < -0.3 is 124 Å². The number of alkyl carbamates (subject to hydrolysis) is 6. The lowest BCUT2D eigenvalue weighted by Crippen LogP contribution is -2.61. The van der Waals surface area contributed by atoms with Gasteiger partial charge in [-0.05, 0) is 271 Å². The SMILES string of the molecule is C#CCNC(=O)CC[C@@H]1NC(=O)[C@H](CCCCNC(=O)OC(C)(C)C)NC(=O)[C@H](CCCCNC(=O)OC(C)(C)C)NC(=O)[C@H](CCC(=O)O)NC(=O)[C@H](CC(C)C)NC(=O)[C@H](CCCCNC(=O)OC(C)(C)C)NC(=O)[C@H](CCCCNC(=O)OC(C)(C)C)NC(=O)[C@H](Cc2ccccc2)NC(=O)[C@H](CCCCNC(=O)OC(C)(C)C)NC(=O)[C@H](CCCCNC(=O)OC(C)(C)C)NC1=O. The first-order chi connectivity index (χ1) is 63.3. The van der Waals surface area contributed by atoms with Crippen molar-refractivity contribution in [3.05, 3.63) is 35.9 Å². The molecule has 1 aliphatic heterocycles. The summed E-state index contributed by atoms with van der Waals surface area (Å²) < 4.78 is 32.6. The van der Waals surface area contributed by atoms with Crippen LogP contribution in [0.2, 0.25) is 0 Å². The molecule has 18 N–H and O–H groups in total. The standard InChI is InChI=1S/C94H157N17O25/c1-22-50-95-71(112)48-46-67-79(121)105-61(40-26-32-51-96-83(125)131-89(4,5)6)74(116)104-66(45-31-37-56-101-88(130)136-94(19,20)21)78(120)111-70(58-60-38-24-23-25-39-60)82(124)107-64(43-29-35-54-99-86(128)134-92(13,14)15)75(117)103-65(44-30-36-55-100-87(129)135-93(16,17)18)77(119)110-69(57-59(2)3)81(123)109-68(47-49-72(113)114)80(122)106-62(41-27-33-52-97-84(126)132-90(7,8)9)73(115)102-63(76(118)108-67)42-28-34-53-98-85(127)133-91(10,11)12/h1,23-25,38-39,59,61-70H,26-37,40-58H2,2-21H3,(H,95,112)(H,96,125)(H,97,126)(H,98,127)(H,99,128)(H,100,129)(H,101,130)(H,102,115)(H,103,117)(H,104,116)(H,105,121)(H,106,122)(H,107,124)(H,108,118)(H,109,123)(H,110,119)(H,111,120)(H,113,114)/t61-,62-,63-,64-,65-,66-,67-,68-,69-,70-/m0/s1. The number of hydrogen-bond acceptors (Lipinski definition) is 24. The Bertz CT molecular complexity index is 4080. The summed E-state index contributed by atoms with van der Waals surface area (Å²) in [5.74, 6) is -10.7. The first-order valence-electron chi connectivity index (χ1n) is 47.1. The van der Waals surface area contributed by atoms with E-state index in [1.54, 1.807) is 169 Å². The molecule has 1 saturated heterocycles.